The molecule has 1 atom stereocenters. The molecule has 0 saturated carbocycles. The number of hydrogen-bond acceptors (Lipinski definition) is 3. The van der Waals surface area contributed by atoms with Gasteiger partial charge in [-0.05, 0) is 24.6 Å². The van der Waals surface area contributed by atoms with Gasteiger partial charge in [0.2, 0.25) is 0 Å². The largest absolute Gasteiger partial charge is 0.497 e. The van der Waals surface area contributed by atoms with Crippen molar-refractivity contribution in [3.05, 3.63) is 29.8 Å². The van der Waals surface area contributed by atoms with Crippen LogP contribution in [0.3, 0.4) is 0 Å². The Kier molecular flexibility index (Phi) is 3.90. The SMILES string of the molecule is COCC(C)(C(=O)O)c1cccc(OC)c1. The predicted octanol–water partition coefficient (Wildman–Crippen LogP) is 1.68. The van der Waals surface area contributed by atoms with Crippen LogP contribution in [-0.4, -0.2) is 31.9 Å². The number of ether oxygens (including phenoxy) is 2. The molecule has 1 aromatic carbocycles. The first kappa shape index (κ1) is 12.5. The summed E-state index contributed by atoms with van der Waals surface area (Å²) in [5.41, 5.74) is -0.385. The van der Waals surface area contributed by atoms with Gasteiger partial charge in [-0.3, -0.25) is 4.79 Å². The Morgan fingerprint density at radius 3 is 2.62 bits per heavy atom. The zero-order valence-electron chi connectivity index (χ0n) is 9.69. The molecule has 0 bridgehead atoms. The standard InChI is InChI=1S/C12H16O4/c1-12(8-15-2,11(13)14)9-5-4-6-10(7-9)16-3/h4-7H,8H2,1-3H3,(H,13,14). The first-order valence-corrected chi connectivity index (χ1v) is 4.91. The molecule has 1 N–H and O–H groups in total. The van der Waals surface area contributed by atoms with Crippen molar-refractivity contribution in [1.82, 2.24) is 0 Å². The molecule has 0 aliphatic carbocycles. The fourth-order valence-corrected chi connectivity index (χ4v) is 1.52. The lowest BCUT2D eigenvalue weighted by molar-refractivity contribution is -0.145. The second-order valence-electron chi connectivity index (χ2n) is 3.80. The Balaban J connectivity index is 3.15. The summed E-state index contributed by atoms with van der Waals surface area (Å²) >= 11 is 0. The lowest BCUT2D eigenvalue weighted by Gasteiger charge is -2.24. The minimum Gasteiger partial charge on any atom is -0.497 e. The Morgan fingerprint density at radius 1 is 1.44 bits per heavy atom. The van der Waals surface area contributed by atoms with Crippen molar-refractivity contribution >= 4 is 5.97 Å². The number of carboxylic acid groups (broad SMARTS) is 1. The molecule has 88 valence electrons. The third-order valence-corrected chi connectivity index (χ3v) is 2.61. The number of carboxylic acids is 1. The molecule has 4 nitrogen and oxygen atoms in total. The summed E-state index contributed by atoms with van der Waals surface area (Å²) in [5, 5.41) is 9.26. The van der Waals surface area contributed by atoms with Crippen LogP contribution in [0.25, 0.3) is 0 Å². The first-order chi connectivity index (χ1) is 7.54. The Hall–Kier alpha value is -1.55. The van der Waals surface area contributed by atoms with Gasteiger partial charge in [-0.25, -0.2) is 0 Å². The number of rotatable bonds is 5. The zero-order chi connectivity index (χ0) is 12.2. The zero-order valence-corrected chi connectivity index (χ0v) is 9.69. The lowest BCUT2D eigenvalue weighted by atomic mass is 9.83. The van der Waals surface area contributed by atoms with E-state index in [1.165, 1.54) is 7.11 Å². The third kappa shape index (κ3) is 2.33. The van der Waals surface area contributed by atoms with Crippen molar-refractivity contribution in [2.24, 2.45) is 0 Å². The predicted molar refractivity (Wildman–Crippen MR) is 59.9 cm³/mol. The van der Waals surface area contributed by atoms with Crippen molar-refractivity contribution in [3.63, 3.8) is 0 Å². The van der Waals surface area contributed by atoms with Gasteiger partial charge in [-0.2, -0.15) is 0 Å². The van der Waals surface area contributed by atoms with E-state index >= 15 is 0 Å². The van der Waals surface area contributed by atoms with E-state index in [1.807, 2.05) is 0 Å². The Labute approximate surface area is 94.8 Å². The smallest absolute Gasteiger partial charge is 0.316 e. The summed E-state index contributed by atoms with van der Waals surface area (Å²) < 4.78 is 10.0. The van der Waals surface area contributed by atoms with Gasteiger partial charge >= 0.3 is 5.97 Å². The summed E-state index contributed by atoms with van der Waals surface area (Å²) in [7, 11) is 3.04. The second-order valence-corrected chi connectivity index (χ2v) is 3.80. The van der Waals surface area contributed by atoms with Gasteiger partial charge in [0.15, 0.2) is 0 Å². The Morgan fingerprint density at radius 2 is 2.12 bits per heavy atom. The minimum absolute atomic E-state index is 0.121. The molecule has 0 aliphatic rings. The van der Waals surface area contributed by atoms with Gasteiger partial charge in [0, 0.05) is 7.11 Å². The monoisotopic (exact) mass is 224 g/mol. The van der Waals surface area contributed by atoms with Crippen LogP contribution in [0.15, 0.2) is 24.3 Å². The quantitative estimate of drug-likeness (QED) is 0.826. The van der Waals surface area contributed by atoms with Gasteiger partial charge in [0.1, 0.15) is 11.2 Å². The van der Waals surface area contributed by atoms with Gasteiger partial charge in [-0.1, -0.05) is 12.1 Å². The van der Waals surface area contributed by atoms with E-state index in [-0.39, 0.29) is 6.61 Å². The number of benzene rings is 1. The van der Waals surface area contributed by atoms with E-state index in [2.05, 4.69) is 0 Å². The van der Waals surface area contributed by atoms with Crippen molar-refractivity contribution in [3.8, 4) is 5.75 Å². The van der Waals surface area contributed by atoms with Gasteiger partial charge in [-0.15, -0.1) is 0 Å². The highest BCUT2D eigenvalue weighted by molar-refractivity contribution is 5.81. The molecule has 1 unspecified atom stereocenters. The molecule has 0 amide bonds. The summed E-state index contributed by atoms with van der Waals surface area (Å²) in [5.74, 6) is -0.274. The van der Waals surface area contributed by atoms with E-state index in [0.717, 1.165) is 0 Å². The van der Waals surface area contributed by atoms with Gasteiger partial charge < -0.3 is 14.6 Å². The molecule has 0 aliphatic heterocycles. The number of aliphatic carboxylic acids is 1. The molecular weight excluding hydrogens is 208 g/mol. The molecule has 1 rings (SSSR count). The van der Waals surface area contributed by atoms with Crippen LogP contribution in [0.2, 0.25) is 0 Å². The van der Waals surface area contributed by atoms with Crippen LogP contribution in [0, 0.1) is 0 Å². The van der Waals surface area contributed by atoms with E-state index in [1.54, 1.807) is 38.3 Å². The fourth-order valence-electron chi connectivity index (χ4n) is 1.52. The van der Waals surface area contributed by atoms with Crippen molar-refractivity contribution in [1.29, 1.82) is 0 Å². The first-order valence-electron chi connectivity index (χ1n) is 4.91. The van der Waals surface area contributed by atoms with Crippen LogP contribution < -0.4 is 4.74 Å². The minimum atomic E-state index is -1.05. The van der Waals surface area contributed by atoms with Crippen LogP contribution in [0.5, 0.6) is 5.75 Å². The summed E-state index contributed by atoms with van der Waals surface area (Å²) in [6.07, 6.45) is 0. The molecular formula is C12H16O4. The molecule has 0 radical (unpaired) electrons. The summed E-state index contributed by atoms with van der Waals surface area (Å²) in [6.45, 7) is 1.75. The summed E-state index contributed by atoms with van der Waals surface area (Å²) in [6, 6.07) is 7.02. The molecule has 16 heavy (non-hydrogen) atoms. The molecule has 4 heteroatoms. The van der Waals surface area contributed by atoms with Crippen molar-refractivity contribution in [2.75, 3.05) is 20.8 Å². The van der Waals surface area contributed by atoms with Crippen LogP contribution in [0.1, 0.15) is 12.5 Å². The van der Waals surface area contributed by atoms with E-state index in [0.29, 0.717) is 11.3 Å². The van der Waals surface area contributed by atoms with Gasteiger partial charge in [0.05, 0.1) is 13.7 Å². The third-order valence-electron chi connectivity index (χ3n) is 2.61. The highest BCUT2D eigenvalue weighted by atomic mass is 16.5. The van der Waals surface area contributed by atoms with Gasteiger partial charge in [0.25, 0.3) is 0 Å². The second kappa shape index (κ2) is 4.99. The normalized spacial score (nSPS) is 14.2. The highest BCUT2D eigenvalue weighted by Crippen LogP contribution is 2.27. The fraction of sp³-hybridized carbons (Fsp3) is 0.417. The maximum Gasteiger partial charge on any atom is 0.316 e. The van der Waals surface area contributed by atoms with E-state index < -0.39 is 11.4 Å². The Bertz CT molecular complexity index is 375. The average molecular weight is 224 g/mol. The highest BCUT2D eigenvalue weighted by Gasteiger charge is 2.35. The average Bonchev–Trinajstić information content (AvgIpc) is 2.29. The molecule has 0 spiro atoms. The van der Waals surface area contributed by atoms with E-state index in [4.69, 9.17) is 9.47 Å². The van der Waals surface area contributed by atoms with Crippen LogP contribution in [0.4, 0.5) is 0 Å². The molecule has 0 aromatic heterocycles. The number of methoxy groups -OCH3 is 2. The van der Waals surface area contributed by atoms with Crippen molar-refractivity contribution < 1.29 is 19.4 Å². The molecule has 0 heterocycles. The van der Waals surface area contributed by atoms with Crippen LogP contribution in [-0.2, 0) is 14.9 Å². The summed E-state index contributed by atoms with van der Waals surface area (Å²) in [4.78, 5) is 11.3. The molecule has 0 fully saturated rings. The van der Waals surface area contributed by atoms with Crippen LogP contribution >= 0.6 is 0 Å². The number of hydrogen-bond donors (Lipinski definition) is 1. The maximum atomic E-state index is 11.3. The maximum absolute atomic E-state index is 11.3. The number of carbonyl (C=O) groups is 1. The molecule has 0 saturated heterocycles. The lowest BCUT2D eigenvalue weighted by Crippen LogP contribution is -2.37. The topological polar surface area (TPSA) is 55.8 Å². The molecule has 1 aromatic rings. The van der Waals surface area contributed by atoms with E-state index in [9.17, 15) is 9.90 Å². The van der Waals surface area contributed by atoms with Crippen molar-refractivity contribution in [2.45, 2.75) is 12.3 Å².